The molecule has 18 heavy (non-hydrogen) atoms. The van der Waals surface area contributed by atoms with Gasteiger partial charge in [0.2, 0.25) is 0 Å². The first-order valence-electron chi connectivity index (χ1n) is 7.48. The summed E-state index contributed by atoms with van der Waals surface area (Å²) in [6, 6.07) is 3.87. The lowest BCUT2D eigenvalue weighted by molar-refractivity contribution is 0.189. The Morgan fingerprint density at radius 1 is 1.33 bits per heavy atom. The summed E-state index contributed by atoms with van der Waals surface area (Å²) < 4.78 is 22.8. The number of nitrogens with zero attached hydrogens (tertiary/aromatic N) is 1. The van der Waals surface area contributed by atoms with Crippen molar-refractivity contribution in [2.24, 2.45) is 0 Å². The van der Waals surface area contributed by atoms with Gasteiger partial charge in [0.05, 0.1) is 5.02 Å². The molecule has 0 amide bonds. The molecule has 0 unspecified atom stereocenters. The van der Waals surface area contributed by atoms with E-state index in [1.54, 1.807) is 0 Å². The Kier molecular flexibility index (Phi) is 3.40. The monoisotopic (exact) mass is 269 g/mol. The van der Waals surface area contributed by atoms with Crippen LogP contribution in [0.4, 0.5) is 0 Å². The second kappa shape index (κ2) is 5.50. The SMILES string of the molecule is [2H]C1([2H])c2cc(C(C)C)cc(Cl)c2OCCN1C(C)C. The number of hydrogen-bond donors (Lipinski definition) is 0. The van der Waals surface area contributed by atoms with Crippen LogP contribution in [0, 0.1) is 0 Å². The van der Waals surface area contributed by atoms with Crippen molar-refractivity contribution >= 4 is 11.6 Å². The number of ether oxygens (including phenoxy) is 1. The summed E-state index contributed by atoms with van der Waals surface area (Å²) in [6.45, 7) is 7.57. The van der Waals surface area contributed by atoms with Crippen LogP contribution in [-0.2, 0) is 6.50 Å². The predicted molar refractivity (Wildman–Crippen MR) is 76.6 cm³/mol. The molecule has 0 atom stereocenters. The van der Waals surface area contributed by atoms with Crippen LogP contribution in [-0.4, -0.2) is 24.1 Å². The highest BCUT2D eigenvalue weighted by Crippen LogP contribution is 2.35. The Morgan fingerprint density at radius 3 is 2.67 bits per heavy atom. The lowest BCUT2D eigenvalue weighted by Crippen LogP contribution is -2.32. The van der Waals surface area contributed by atoms with E-state index >= 15 is 0 Å². The molecular weight excluding hydrogens is 246 g/mol. The summed E-state index contributed by atoms with van der Waals surface area (Å²) in [4.78, 5) is 1.82. The Hall–Kier alpha value is -0.730. The number of rotatable bonds is 2. The fraction of sp³-hybridized carbons (Fsp3) is 0.600. The molecule has 2 rings (SSSR count). The predicted octanol–water partition coefficient (Wildman–Crippen LogP) is 4.07. The smallest absolute Gasteiger partial charge is 0.142 e. The minimum Gasteiger partial charge on any atom is -0.490 e. The first kappa shape index (κ1) is 11.1. The Balaban J connectivity index is 2.61. The first-order chi connectivity index (χ1) is 9.25. The Bertz CT molecular complexity index is 503. The van der Waals surface area contributed by atoms with Gasteiger partial charge in [0.15, 0.2) is 0 Å². The van der Waals surface area contributed by atoms with Crippen molar-refractivity contribution in [3.63, 3.8) is 0 Å². The topological polar surface area (TPSA) is 12.5 Å². The molecule has 100 valence electrons. The van der Waals surface area contributed by atoms with Crippen LogP contribution in [0.25, 0.3) is 0 Å². The van der Waals surface area contributed by atoms with E-state index < -0.39 is 6.50 Å². The average Bonchev–Trinajstić information content (AvgIpc) is 2.46. The van der Waals surface area contributed by atoms with Gasteiger partial charge in [-0.25, -0.2) is 0 Å². The van der Waals surface area contributed by atoms with E-state index in [0.717, 1.165) is 5.56 Å². The van der Waals surface area contributed by atoms with Crippen molar-refractivity contribution in [3.05, 3.63) is 28.3 Å². The molecule has 0 radical (unpaired) electrons. The molecule has 0 spiro atoms. The zero-order valence-electron chi connectivity index (χ0n) is 13.5. The summed E-state index contributed by atoms with van der Waals surface area (Å²) >= 11 is 6.31. The van der Waals surface area contributed by atoms with Crippen LogP contribution in [0.1, 0.15) is 47.5 Å². The summed E-state index contributed by atoms with van der Waals surface area (Å²) in [5.41, 5.74) is 1.58. The van der Waals surface area contributed by atoms with Crippen LogP contribution < -0.4 is 4.74 Å². The molecule has 0 fully saturated rings. The van der Waals surface area contributed by atoms with Crippen LogP contribution in [0.2, 0.25) is 5.02 Å². The lowest BCUT2D eigenvalue weighted by Gasteiger charge is -2.23. The summed E-state index contributed by atoms with van der Waals surface area (Å²) in [5.74, 6) is 0.786. The molecule has 1 aromatic carbocycles. The zero-order chi connectivity index (χ0) is 15.1. The molecule has 0 saturated heterocycles. The van der Waals surface area contributed by atoms with E-state index in [9.17, 15) is 0 Å². The summed E-state index contributed by atoms with van der Waals surface area (Å²) in [6.07, 6.45) is 0. The van der Waals surface area contributed by atoms with Gasteiger partial charge >= 0.3 is 0 Å². The molecule has 0 bridgehead atoms. The van der Waals surface area contributed by atoms with Gasteiger partial charge in [-0.3, -0.25) is 4.90 Å². The fourth-order valence-corrected chi connectivity index (χ4v) is 2.30. The molecule has 0 aliphatic carbocycles. The normalized spacial score (nSPS) is 21.1. The fourth-order valence-electron chi connectivity index (χ4n) is 2.02. The molecule has 1 aliphatic heterocycles. The van der Waals surface area contributed by atoms with E-state index in [1.165, 1.54) is 0 Å². The van der Waals surface area contributed by atoms with Gasteiger partial charge in [-0.05, 0) is 31.4 Å². The molecule has 1 aliphatic rings. The third kappa shape index (κ3) is 2.81. The third-order valence-electron chi connectivity index (χ3n) is 3.20. The van der Waals surface area contributed by atoms with Crippen molar-refractivity contribution in [3.8, 4) is 5.75 Å². The van der Waals surface area contributed by atoms with Gasteiger partial charge < -0.3 is 4.74 Å². The van der Waals surface area contributed by atoms with Gasteiger partial charge in [-0.1, -0.05) is 31.5 Å². The maximum atomic E-state index is 8.52. The molecule has 0 N–H and O–H groups in total. The van der Waals surface area contributed by atoms with E-state index in [-0.39, 0.29) is 6.04 Å². The molecule has 2 nitrogen and oxygen atoms in total. The minimum atomic E-state index is -1.57. The summed E-state index contributed by atoms with van der Waals surface area (Å²) in [5, 5.41) is 0.501. The maximum Gasteiger partial charge on any atom is 0.142 e. The highest BCUT2D eigenvalue weighted by atomic mass is 35.5. The minimum absolute atomic E-state index is 0.0982. The van der Waals surface area contributed by atoms with Gasteiger partial charge in [0, 0.05) is 27.4 Å². The quantitative estimate of drug-likeness (QED) is 0.803. The van der Waals surface area contributed by atoms with Gasteiger partial charge in [0.1, 0.15) is 12.4 Å². The van der Waals surface area contributed by atoms with Gasteiger partial charge in [-0.15, -0.1) is 0 Å². The zero-order valence-corrected chi connectivity index (χ0v) is 12.2. The number of hydrogen-bond acceptors (Lipinski definition) is 2. The first-order valence-corrected chi connectivity index (χ1v) is 6.86. The van der Waals surface area contributed by atoms with Crippen molar-refractivity contribution in [2.45, 2.75) is 46.2 Å². The molecule has 0 aromatic heterocycles. The van der Waals surface area contributed by atoms with E-state index in [1.807, 2.05) is 30.9 Å². The molecule has 1 aromatic rings. The highest BCUT2D eigenvalue weighted by Gasteiger charge is 2.20. The average molecular weight is 270 g/mol. The number of fused-ring (bicyclic) bond motifs is 1. The third-order valence-corrected chi connectivity index (χ3v) is 3.48. The van der Waals surface area contributed by atoms with Crippen LogP contribution in [0.3, 0.4) is 0 Å². The van der Waals surface area contributed by atoms with E-state index in [0.29, 0.717) is 35.4 Å². The summed E-state index contributed by atoms with van der Waals surface area (Å²) in [7, 11) is 0. The number of benzene rings is 1. The Morgan fingerprint density at radius 2 is 2.06 bits per heavy atom. The molecular formula is C15H22ClNO. The second-order valence-electron chi connectivity index (χ2n) is 5.28. The van der Waals surface area contributed by atoms with E-state index in [4.69, 9.17) is 19.1 Å². The van der Waals surface area contributed by atoms with Crippen molar-refractivity contribution in [1.29, 1.82) is 0 Å². The van der Waals surface area contributed by atoms with Gasteiger partial charge in [0.25, 0.3) is 0 Å². The Labute approximate surface area is 118 Å². The van der Waals surface area contributed by atoms with Crippen molar-refractivity contribution in [2.75, 3.05) is 13.2 Å². The van der Waals surface area contributed by atoms with Gasteiger partial charge in [-0.2, -0.15) is 0 Å². The van der Waals surface area contributed by atoms with Crippen molar-refractivity contribution < 1.29 is 7.48 Å². The van der Waals surface area contributed by atoms with Crippen molar-refractivity contribution in [1.82, 2.24) is 4.90 Å². The lowest BCUT2D eigenvalue weighted by atomic mass is 10.00. The van der Waals surface area contributed by atoms with Crippen LogP contribution in [0.5, 0.6) is 5.75 Å². The van der Waals surface area contributed by atoms with E-state index in [2.05, 4.69) is 13.8 Å². The number of halogens is 1. The standard InChI is InChI=1S/C15H22ClNO/c1-10(2)12-7-13-9-17(11(3)4)5-6-18-15(13)14(16)8-12/h7-8,10-11H,5-6,9H2,1-4H3/i9D2. The highest BCUT2D eigenvalue weighted by molar-refractivity contribution is 6.32. The second-order valence-corrected chi connectivity index (χ2v) is 5.69. The largest absolute Gasteiger partial charge is 0.490 e. The molecule has 3 heteroatoms. The van der Waals surface area contributed by atoms with Crippen LogP contribution >= 0.6 is 11.6 Å². The maximum absolute atomic E-state index is 8.52. The molecule has 0 saturated carbocycles. The van der Waals surface area contributed by atoms with Crippen LogP contribution in [0.15, 0.2) is 12.1 Å². The molecule has 1 heterocycles.